The summed E-state index contributed by atoms with van der Waals surface area (Å²) in [5.41, 5.74) is 3.67. The Kier molecular flexibility index (Phi) is 13.0. The summed E-state index contributed by atoms with van der Waals surface area (Å²) >= 11 is 0. The van der Waals surface area contributed by atoms with Crippen LogP contribution in [0.3, 0.4) is 0 Å². The summed E-state index contributed by atoms with van der Waals surface area (Å²) in [6.45, 7) is 8.36. The number of nitrogens with one attached hydrogen (secondary N) is 2. The maximum atomic E-state index is 13.8. The number of aliphatic hydroxyl groups is 1. The largest absolute Gasteiger partial charge is 0.497 e. The van der Waals surface area contributed by atoms with Crippen LogP contribution in [0, 0.1) is 11.8 Å². The Morgan fingerprint density at radius 3 is 2.30 bits per heavy atom. The summed E-state index contributed by atoms with van der Waals surface area (Å²) < 4.78 is 34.1. The first-order valence-electron chi connectivity index (χ1n) is 15.2. The number of aliphatic hydroxyl groups excluding tert-OH is 1. The first kappa shape index (κ1) is 34.5. The number of carbonyl (C=O) groups is 2. The number of hydrazine groups is 1. The van der Waals surface area contributed by atoms with Crippen LogP contribution in [-0.2, 0) is 26.0 Å². The lowest BCUT2D eigenvalue weighted by Gasteiger charge is -2.38. The highest BCUT2D eigenvalue weighted by molar-refractivity contribution is 7.89. The molecule has 0 aliphatic carbocycles. The number of nitrogens with zero attached hydrogens (tertiary/aromatic N) is 2. The van der Waals surface area contributed by atoms with E-state index < -0.39 is 28.2 Å². The lowest BCUT2D eigenvalue weighted by Crippen LogP contribution is -2.61. The van der Waals surface area contributed by atoms with Crippen molar-refractivity contribution in [2.24, 2.45) is 11.8 Å². The van der Waals surface area contributed by atoms with Crippen molar-refractivity contribution in [1.29, 1.82) is 0 Å². The van der Waals surface area contributed by atoms with Gasteiger partial charge < -0.3 is 15.2 Å². The molecule has 0 radical (unpaired) electrons. The predicted molar refractivity (Wildman–Crippen MR) is 167 cm³/mol. The van der Waals surface area contributed by atoms with E-state index in [9.17, 15) is 23.1 Å². The van der Waals surface area contributed by atoms with Gasteiger partial charge in [0, 0.05) is 19.5 Å². The van der Waals surface area contributed by atoms with E-state index in [0.717, 1.165) is 18.4 Å². The predicted octanol–water partition coefficient (Wildman–Crippen LogP) is 3.36. The van der Waals surface area contributed by atoms with Crippen molar-refractivity contribution in [3.63, 3.8) is 0 Å². The maximum absolute atomic E-state index is 13.8. The van der Waals surface area contributed by atoms with E-state index in [4.69, 9.17) is 4.74 Å². The molecule has 2 amide bonds. The Hall–Kier alpha value is -2.99. The van der Waals surface area contributed by atoms with E-state index in [0.29, 0.717) is 18.7 Å². The van der Waals surface area contributed by atoms with E-state index >= 15 is 0 Å². The molecule has 10 nitrogen and oxygen atoms in total. The molecule has 3 rings (SSSR count). The number of sulfonamides is 1. The van der Waals surface area contributed by atoms with Gasteiger partial charge in [-0.3, -0.25) is 15.0 Å². The summed E-state index contributed by atoms with van der Waals surface area (Å²) in [6.07, 6.45) is 1.34. The van der Waals surface area contributed by atoms with Gasteiger partial charge in [0.2, 0.25) is 15.9 Å². The Morgan fingerprint density at radius 1 is 1.07 bits per heavy atom. The molecule has 43 heavy (non-hydrogen) atoms. The topological polar surface area (TPSA) is 128 Å². The van der Waals surface area contributed by atoms with Crippen LogP contribution in [0.25, 0.3) is 0 Å². The van der Waals surface area contributed by atoms with Crippen LogP contribution in [-0.4, -0.2) is 79.6 Å². The van der Waals surface area contributed by atoms with Gasteiger partial charge in [-0.25, -0.2) is 13.4 Å². The van der Waals surface area contributed by atoms with Crippen molar-refractivity contribution in [2.75, 3.05) is 26.7 Å². The first-order chi connectivity index (χ1) is 20.5. The summed E-state index contributed by atoms with van der Waals surface area (Å²) in [5.74, 6) is -0.123. The van der Waals surface area contributed by atoms with Gasteiger partial charge in [0.25, 0.3) is 5.91 Å². The molecule has 0 aromatic heterocycles. The molecule has 1 fully saturated rings. The minimum absolute atomic E-state index is 0.0379. The minimum atomic E-state index is -4.01. The second-order valence-corrected chi connectivity index (χ2v) is 13.8. The molecule has 0 spiro atoms. The van der Waals surface area contributed by atoms with Gasteiger partial charge in [-0.15, -0.1) is 0 Å². The van der Waals surface area contributed by atoms with Crippen molar-refractivity contribution in [2.45, 2.75) is 82.9 Å². The van der Waals surface area contributed by atoms with Gasteiger partial charge in [-0.05, 0) is 67.5 Å². The average Bonchev–Trinajstić information content (AvgIpc) is 3.54. The lowest BCUT2D eigenvalue weighted by molar-refractivity contribution is -0.149. The normalized spacial score (nSPS) is 17.4. The van der Waals surface area contributed by atoms with Gasteiger partial charge in [-0.1, -0.05) is 64.4 Å². The smallest absolute Gasteiger partial charge is 0.255 e. The molecule has 1 unspecified atom stereocenters. The maximum Gasteiger partial charge on any atom is 0.255 e. The quantitative estimate of drug-likeness (QED) is 0.262. The zero-order valence-corrected chi connectivity index (χ0v) is 26.8. The van der Waals surface area contributed by atoms with E-state index in [2.05, 4.69) is 10.7 Å². The Morgan fingerprint density at radius 2 is 1.74 bits per heavy atom. The highest BCUT2D eigenvalue weighted by Gasteiger charge is 2.37. The summed E-state index contributed by atoms with van der Waals surface area (Å²) in [5, 5.41) is 16.3. The molecular weight excluding hydrogens is 568 g/mol. The van der Waals surface area contributed by atoms with E-state index in [1.54, 1.807) is 12.1 Å². The second kappa shape index (κ2) is 16.2. The number of methoxy groups -OCH3 is 1. The molecule has 238 valence electrons. The van der Waals surface area contributed by atoms with Gasteiger partial charge in [0.05, 0.1) is 30.2 Å². The van der Waals surface area contributed by atoms with Crippen LogP contribution in [0.15, 0.2) is 59.5 Å². The molecule has 0 bridgehead atoms. The van der Waals surface area contributed by atoms with Crippen molar-refractivity contribution < 1.29 is 27.9 Å². The summed E-state index contributed by atoms with van der Waals surface area (Å²) in [6, 6.07) is 14.1. The molecule has 1 heterocycles. The third kappa shape index (κ3) is 9.76. The molecule has 11 heteroatoms. The fourth-order valence-corrected chi connectivity index (χ4v) is 6.76. The van der Waals surface area contributed by atoms with Crippen LogP contribution in [0.4, 0.5) is 0 Å². The molecule has 1 saturated heterocycles. The van der Waals surface area contributed by atoms with Crippen LogP contribution in [0.2, 0.25) is 0 Å². The number of hydrogen-bond acceptors (Lipinski definition) is 7. The fraction of sp³-hybridized carbons (Fsp3) is 0.562. The van der Waals surface area contributed by atoms with Crippen LogP contribution in [0.5, 0.6) is 5.75 Å². The number of amides is 2. The zero-order valence-electron chi connectivity index (χ0n) is 26.0. The van der Waals surface area contributed by atoms with Gasteiger partial charge in [0.15, 0.2) is 0 Å². The third-order valence-electron chi connectivity index (χ3n) is 7.82. The highest BCUT2D eigenvalue weighted by atomic mass is 32.2. The molecule has 2 aromatic rings. The molecule has 3 N–H and O–H groups in total. The summed E-state index contributed by atoms with van der Waals surface area (Å²) in [7, 11) is -2.50. The number of ether oxygens (including phenoxy) is 1. The van der Waals surface area contributed by atoms with Gasteiger partial charge >= 0.3 is 0 Å². The van der Waals surface area contributed by atoms with Crippen molar-refractivity contribution >= 4 is 21.8 Å². The average molecular weight is 617 g/mol. The lowest BCUT2D eigenvalue weighted by atomic mass is 9.98. The van der Waals surface area contributed by atoms with Crippen molar-refractivity contribution in [3.8, 4) is 5.75 Å². The molecule has 1 aliphatic heterocycles. The SMILES string of the molecule is CC[C@H](C)CC(=O)N(NC(=O)C1CCCN1)[C@@H](Cc1ccccc1)[C@H](O)CN(CC(C)C)S(=O)(=O)c1ccc(OC)cc1. The Labute approximate surface area is 256 Å². The number of benzene rings is 2. The van der Waals surface area contributed by atoms with Gasteiger partial charge in [0.1, 0.15) is 5.75 Å². The third-order valence-corrected chi connectivity index (χ3v) is 9.66. The van der Waals surface area contributed by atoms with Crippen LogP contribution >= 0.6 is 0 Å². The van der Waals surface area contributed by atoms with E-state index in [1.165, 1.54) is 28.6 Å². The minimum Gasteiger partial charge on any atom is -0.497 e. The standard InChI is InChI=1S/C32H48N4O6S/c1-6-24(4)19-31(38)36(34-32(39)28-13-10-18-33-28)29(20-25-11-8-7-9-12-25)30(37)22-35(21-23(2)3)43(40,41)27-16-14-26(42-5)15-17-27/h7-9,11-12,14-17,23-24,28-30,33,37H,6,10,13,18-22H2,1-5H3,(H,34,39)/t24-,28?,29-,30+/m0/s1. The number of rotatable bonds is 15. The summed E-state index contributed by atoms with van der Waals surface area (Å²) in [4.78, 5) is 27.1. The second-order valence-electron chi connectivity index (χ2n) is 11.8. The Bertz CT molecular complexity index is 1270. The highest BCUT2D eigenvalue weighted by Crippen LogP contribution is 2.23. The van der Waals surface area contributed by atoms with Crippen LogP contribution in [0.1, 0.15) is 58.9 Å². The molecule has 0 saturated carbocycles. The van der Waals surface area contributed by atoms with E-state index in [-0.39, 0.29) is 54.5 Å². The zero-order chi connectivity index (χ0) is 31.6. The monoisotopic (exact) mass is 616 g/mol. The number of hydrogen-bond donors (Lipinski definition) is 3. The van der Waals surface area contributed by atoms with E-state index in [1.807, 2.05) is 58.0 Å². The molecular formula is C32H48N4O6S. The van der Waals surface area contributed by atoms with Crippen molar-refractivity contribution in [3.05, 3.63) is 60.2 Å². The Balaban J connectivity index is 2.00. The van der Waals surface area contributed by atoms with Crippen LogP contribution < -0.4 is 15.5 Å². The molecule has 1 aliphatic rings. The van der Waals surface area contributed by atoms with Crippen molar-refractivity contribution in [1.82, 2.24) is 20.1 Å². The van der Waals surface area contributed by atoms with Gasteiger partial charge in [-0.2, -0.15) is 4.31 Å². The first-order valence-corrected chi connectivity index (χ1v) is 16.6. The molecule has 4 atom stereocenters. The fourth-order valence-electron chi connectivity index (χ4n) is 5.14. The molecule has 2 aromatic carbocycles. The number of carbonyl (C=O) groups excluding carboxylic acids is 2.